The topological polar surface area (TPSA) is 66.5 Å². The predicted molar refractivity (Wildman–Crippen MR) is 66.4 cm³/mol. The smallest absolute Gasteiger partial charge is 0.147 e. The molecule has 0 aliphatic carbocycles. The van der Waals surface area contributed by atoms with E-state index in [2.05, 4.69) is 21.5 Å². The number of aryl methyl sites for hydroxylation is 3. The van der Waals surface area contributed by atoms with E-state index in [0.29, 0.717) is 0 Å². The summed E-state index contributed by atoms with van der Waals surface area (Å²) in [5.74, 6) is 1.74. The monoisotopic (exact) mass is 235 g/mol. The van der Waals surface area contributed by atoms with Crippen LogP contribution in [0.5, 0.6) is 0 Å². The molecule has 1 heterocycles. The lowest BCUT2D eigenvalue weighted by Crippen LogP contribution is -2.40. The van der Waals surface area contributed by atoms with Gasteiger partial charge in [0.05, 0.1) is 6.07 Å². The fraction of sp³-hybridized carbons (Fsp3) is 0.750. The van der Waals surface area contributed by atoms with Crippen LogP contribution in [-0.4, -0.2) is 27.4 Å². The normalized spacial score (nSPS) is 14.3. The van der Waals surface area contributed by atoms with Gasteiger partial charge < -0.3 is 5.32 Å². The molecule has 1 N–H and O–H groups in total. The van der Waals surface area contributed by atoms with Crippen LogP contribution in [0.15, 0.2) is 0 Å². The number of nitrogens with one attached hydrogen (secondary N) is 1. The molecule has 17 heavy (non-hydrogen) atoms. The molecule has 0 aliphatic rings. The zero-order valence-electron chi connectivity index (χ0n) is 11.1. The highest BCUT2D eigenvalue weighted by molar-refractivity contribution is 5.05. The molecule has 0 radical (unpaired) electrons. The molecule has 1 atom stereocenters. The van der Waals surface area contributed by atoms with E-state index in [1.807, 2.05) is 32.5 Å². The second-order valence-electron chi connectivity index (χ2n) is 4.33. The molecule has 0 bridgehead atoms. The third-order valence-electron chi connectivity index (χ3n) is 3.23. The molecule has 5 nitrogen and oxygen atoms in total. The van der Waals surface area contributed by atoms with E-state index in [9.17, 15) is 5.26 Å². The van der Waals surface area contributed by atoms with E-state index >= 15 is 0 Å². The maximum Gasteiger partial charge on any atom is 0.147 e. The summed E-state index contributed by atoms with van der Waals surface area (Å²) < 4.78 is 1.91. The average molecular weight is 235 g/mol. The molecule has 0 aromatic carbocycles. The third-order valence-corrected chi connectivity index (χ3v) is 3.23. The van der Waals surface area contributed by atoms with E-state index < -0.39 is 5.54 Å². The van der Waals surface area contributed by atoms with Gasteiger partial charge in [0.25, 0.3) is 0 Å². The summed E-state index contributed by atoms with van der Waals surface area (Å²) in [7, 11) is 1.84. The summed E-state index contributed by atoms with van der Waals surface area (Å²) in [6, 6.07) is 2.36. The Morgan fingerprint density at radius 2 is 2.18 bits per heavy atom. The highest BCUT2D eigenvalue weighted by Gasteiger charge is 2.24. The van der Waals surface area contributed by atoms with Crippen LogP contribution < -0.4 is 5.32 Å². The first-order chi connectivity index (χ1) is 8.06. The van der Waals surface area contributed by atoms with Gasteiger partial charge in [-0.15, -0.1) is 0 Å². The molecule has 0 amide bonds. The van der Waals surface area contributed by atoms with Gasteiger partial charge in [-0.05, 0) is 40.2 Å². The number of nitriles is 1. The van der Waals surface area contributed by atoms with Crippen molar-refractivity contribution in [3.63, 3.8) is 0 Å². The highest BCUT2D eigenvalue weighted by atomic mass is 15.3. The van der Waals surface area contributed by atoms with Crippen molar-refractivity contribution in [2.45, 2.75) is 52.1 Å². The molecule has 1 aromatic rings. The number of hydrogen-bond acceptors (Lipinski definition) is 4. The van der Waals surface area contributed by atoms with Crippen LogP contribution in [0.25, 0.3) is 0 Å². The summed E-state index contributed by atoms with van der Waals surface area (Å²) >= 11 is 0. The Hall–Kier alpha value is -1.41. The lowest BCUT2D eigenvalue weighted by atomic mass is 9.92. The van der Waals surface area contributed by atoms with Crippen molar-refractivity contribution in [3.05, 3.63) is 11.6 Å². The zero-order valence-corrected chi connectivity index (χ0v) is 11.1. The van der Waals surface area contributed by atoms with E-state index in [-0.39, 0.29) is 0 Å². The van der Waals surface area contributed by atoms with Crippen LogP contribution in [0.4, 0.5) is 0 Å². The van der Waals surface area contributed by atoms with Gasteiger partial charge in [-0.2, -0.15) is 10.4 Å². The molecular formula is C12H21N5. The van der Waals surface area contributed by atoms with E-state index in [4.69, 9.17) is 0 Å². The molecule has 0 saturated heterocycles. The van der Waals surface area contributed by atoms with Gasteiger partial charge >= 0.3 is 0 Å². The lowest BCUT2D eigenvalue weighted by Gasteiger charge is -2.24. The second-order valence-corrected chi connectivity index (χ2v) is 4.33. The van der Waals surface area contributed by atoms with Gasteiger partial charge in [-0.1, -0.05) is 6.92 Å². The molecule has 5 heteroatoms. The molecule has 94 valence electrons. The minimum Gasteiger partial charge on any atom is -0.302 e. The van der Waals surface area contributed by atoms with Crippen molar-refractivity contribution in [2.24, 2.45) is 0 Å². The fourth-order valence-electron chi connectivity index (χ4n) is 1.97. The summed E-state index contributed by atoms with van der Waals surface area (Å²) in [4.78, 5) is 4.26. The number of rotatable bonds is 6. The number of hydrogen-bond donors (Lipinski definition) is 1. The van der Waals surface area contributed by atoms with E-state index in [0.717, 1.165) is 37.5 Å². The van der Waals surface area contributed by atoms with Crippen LogP contribution in [0, 0.1) is 25.2 Å². The molecule has 0 spiro atoms. The Balaban J connectivity index is 2.53. The van der Waals surface area contributed by atoms with E-state index in [1.54, 1.807) is 0 Å². The molecular weight excluding hydrogens is 214 g/mol. The van der Waals surface area contributed by atoms with Gasteiger partial charge in [0, 0.05) is 6.54 Å². The highest BCUT2D eigenvalue weighted by Crippen LogP contribution is 2.16. The average Bonchev–Trinajstić information content (AvgIpc) is 2.64. The van der Waals surface area contributed by atoms with Gasteiger partial charge in [-0.3, -0.25) is 4.68 Å². The maximum atomic E-state index is 9.19. The van der Waals surface area contributed by atoms with E-state index in [1.165, 1.54) is 0 Å². The minimum atomic E-state index is -0.399. The zero-order chi connectivity index (χ0) is 12.9. The van der Waals surface area contributed by atoms with Crippen molar-refractivity contribution in [2.75, 3.05) is 7.05 Å². The lowest BCUT2D eigenvalue weighted by molar-refractivity contribution is 0.374. The van der Waals surface area contributed by atoms with Crippen molar-refractivity contribution >= 4 is 0 Å². The number of nitrogens with zero attached hydrogens (tertiary/aromatic N) is 4. The Morgan fingerprint density at radius 3 is 2.59 bits per heavy atom. The van der Waals surface area contributed by atoms with Gasteiger partial charge in [-0.25, -0.2) is 4.98 Å². The summed E-state index contributed by atoms with van der Waals surface area (Å²) in [5.41, 5.74) is -0.399. The molecule has 0 fully saturated rings. The molecule has 0 aliphatic heterocycles. The Labute approximate surface area is 103 Å². The first-order valence-electron chi connectivity index (χ1n) is 6.05. The summed E-state index contributed by atoms with van der Waals surface area (Å²) in [6.45, 7) is 6.69. The SMILES string of the molecule is CCC(C#N)(CCCn1nc(C)nc1C)NC. The van der Waals surface area contributed by atoms with Crippen molar-refractivity contribution < 1.29 is 0 Å². The Kier molecular flexibility index (Phi) is 4.64. The number of aromatic nitrogens is 3. The fourth-order valence-corrected chi connectivity index (χ4v) is 1.97. The minimum absolute atomic E-state index is 0.399. The van der Waals surface area contributed by atoms with Crippen molar-refractivity contribution in [1.82, 2.24) is 20.1 Å². The second kappa shape index (κ2) is 5.78. The Morgan fingerprint density at radius 1 is 1.47 bits per heavy atom. The molecule has 1 unspecified atom stereocenters. The quantitative estimate of drug-likeness (QED) is 0.812. The first kappa shape index (κ1) is 13.7. The first-order valence-corrected chi connectivity index (χ1v) is 6.05. The molecule has 1 rings (SSSR count). The van der Waals surface area contributed by atoms with Gasteiger partial charge in [0.15, 0.2) is 0 Å². The third kappa shape index (κ3) is 3.27. The van der Waals surface area contributed by atoms with Crippen LogP contribution >= 0.6 is 0 Å². The van der Waals surface area contributed by atoms with Gasteiger partial charge in [0.2, 0.25) is 0 Å². The van der Waals surface area contributed by atoms with Crippen LogP contribution in [0.3, 0.4) is 0 Å². The largest absolute Gasteiger partial charge is 0.302 e. The van der Waals surface area contributed by atoms with Gasteiger partial charge in [0.1, 0.15) is 17.2 Å². The summed E-state index contributed by atoms with van der Waals surface area (Å²) in [6.07, 6.45) is 2.57. The molecule has 1 aromatic heterocycles. The standard InChI is InChI=1S/C12H21N5/c1-5-12(9-13,14-4)7-6-8-17-11(3)15-10(2)16-17/h14H,5-8H2,1-4H3. The maximum absolute atomic E-state index is 9.19. The van der Waals surface area contributed by atoms with Crippen molar-refractivity contribution in [3.8, 4) is 6.07 Å². The van der Waals surface area contributed by atoms with Crippen LogP contribution in [0.2, 0.25) is 0 Å². The van der Waals surface area contributed by atoms with Crippen LogP contribution in [0.1, 0.15) is 37.8 Å². The Bertz CT molecular complexity index is 398. The summed E-state index contributed by atoms with van der Waals surface area (Å²) in [5, 5.41) is 16.6. The predicted octanol–water partition coefficient (Wildman–Crippen LogP) is 1.57. The van der Waals surface area contributed by atoms with Crippen LogP contribution in [-0.2, 0) is 6.54 Å². The molecule has 0 saturated carbocycles. The van der Waals surface area contributed by atoms with Crippen molar-refractivity contribution in [1.29, 1.82) is 5.26 Å².